The Morgan fingerprint density at radius 3 is 0.513 bits per heavy atom. The van der Waals surface area contributed by atoms with Crippen LogP contribution < -0.4 is 0 Å². The molecule has 18 aromatic carbocycles. The van der Waals surface area contributed by atoms with Gasteiger partial charge in [0.15, 0.2) is 0 Å². The Balaban J connectivity index is 0.000000125. The van der Waals surface area contributed by atoms with Gasteiger partial charge in [-0.2, -0.15) is 0 Å². The van der Waals surface area contributed by atoms with Crippen molar-refractivity contribution in [3.05, 3.63) is 518 Å². The largest absolute Gasteiger partial charge is 0.0622 e. The fourth-order valence-electron chi connectivity index (χ4n) is 13.6. The molecule has 0 aromatic heterocycles. The average molecular weight is 1480 g/mol. The molecule has 0 bridgehead atoms. The van der Waals surface area contributed by atoms with Crippen molar-refractivity contribution in [2.24, 2.45) is 0 Å². The SMILES string of the molecule is Cc1ccc(-c2ccc(-c3ccccc3)cc2)cc1.Cc1ccc(-c2ccccc2)cc1.Cc1ccc(-c2ccccc2-c2ccccc2)cc1.Cc1cccc(-c2ccc(-c3ccccc3)cc2)c1.Cc1cccc(-c2ccccc2)c1.Cc1ccccc1-c1ccc(-c2ccccc2)cc1.Cc1ccccc1-c1ccccc1. The van der Waals surface area contributed by atoms with Gasteiger partial charge in [-0.3, -0.25) is 0 Å². The molecule has 0 heterocycles. The Morgan fingerprint density at radius 1 is 0.0957 bits per heavy atom. The summed E-state index contributed by atoms with van der Waals surface area (Å²) in [4.78, 5) is 0. The second kappa shape index (κ2) is 42.4. The smallest absolute Gasteiger partial charge is 0.0105 e. The van der Waals surface area contributed by atoms with Crippen LogP contribution in [0.25, 0.3) is 122 Å². The molecule has 0 heteroatoms. The van der Waals surface area contributed by atoms with Gasteiger partial charge in [0.1, 0.15) is 0 Å². The lowest BCUT2D eigenvalue weighted by molar-refractivity contribution is 1.46. The van der Waals surface area contributed by atoms with Crippen molar-refractivity contribution in [3.63, 3.8) is 0 Å². The van der Waals surface area contributed by atoms with E-state index in [4.69, 9.17) is 0 Å². The molecule has 0 radical (unpaired) electrons. The average Bonchev–Trinajstić information content (AvgIpc) is 0.830. The van der Waals surface area contributed by atoms with Gasteiger partial charge in [-0.05, 0) is 182 Å². The number of hydrogen-bond acceptors (Lipinski definition) is 0. The molecule has 0 unspecified atom stereocenters. The van der Waals surface area contributed by atoms with E-state index >= 15 is 0 Å². The summed E-state index contributed by atoms with van der Waals surface area (Å²) < 4.78 is 0. The molecule has 0 atom stereocenters. The molecule has 560 valence electrons. The van der Waals surface area contributed by atoms with E-state index in [1.165, 1.54) is 161 Å². The highest BCUT2D eigenvalue weighted by Gasteiger charge is 2.09. The van der Waals surface area contributed by atoms with Crippen LogP contribution in [0.5, 0.6) is 0 Å². The Morgan fingerprint density at radius 2 is 0.252 bits per heavy atom. The van der Waals surface area contributed by atoms with Crippen LogP contribution in [0, 0.1) is 48.5 Å². The van der Waals surface area contributed by atoms with Gasteiger partial charge in [-0.25, -0.2) is 0 Å². The highest BCUT2D eigenvalue weighted by molar-refractivity contribution is 5.84. The van der Waals surface area contributed by atoms with Crippen molar-refractivity contribution in [3.8, 4) is 122 Å². The van der Waals surface area contributed by atoms with Crippen LogP contribution in [0.4, 0.5) is 0 Å². The van der Waals surface area contributed by atoms with Crippen LogP contribution in [0.15, 0.2) is 479 Å². The minimum absolute atomic E-state index is 1.26. The minimum Gasteiger partial charge on any atom is -0.0622 e. The third-order valence-corrected chi connectivity index (χ3v) is 20.1. The van der Waals surface area contributed by atoms with Crippen molar-refractivity contribution in [2.75, 3.05) is 0 Å². The van der Waals surface area contributed by atoms with Gasteiger partial charge in [0.05, 0.1) is 0 Å². The zero-order valence-electron chi connectivity index (χ0n) is 67.1. The molecule has 0 aliphatic carbocycles. The fraction of sp³-hybridized carbons (Fsp3) is 0.0609. The normalized spacial score (nSPS) is 10.2. The Hall–Kier alpha value is -14.0. The van der Waals surface area contributed by atoms with Gasteiger partial charge >= 0.3 is 0 Å². The zero-order chi connectivity index (χ0) is 79.6. The van der Waals surface area contributed by atoms with E-state index in [1.807, 2.05) is 36.4 Å². The number of aryl methyl sites for hydroxylation is 7. The van der Waals surface area contributed by atoms with Crippen LogP contribution in [-0.4, -0.2) is 0 Å². The summed E-state index contributed by atoms with van der Waals surface area (Å²) >= 11 is 0. The molecule has 0 amide bonds. The molecule has 0 fully saturated rings. The summed E-state index contributed by atoms with van der Waals surface area (Å²) in [5.74, 6) is 0. The summed E-state index contributed by atoms with van der Waals surface area (Å²) in [5, 5.41) is 0. The third-order valence-electron chi connectivity index (χ3n) is 20.1. The molecule has 18 rings (SSSR count). The first-order valence-electron chi connectivity index (χ1n) is 39.7. The van der Waals surface area contributed by atoms with E-state index in [9.17, 15) is 0 Å². The van der Waals surface area contributed by atoms with Gasteiger partial charge in [0.25, 0.3) is 0 Å². The van der Waals surface area contributed by atoms with Crippen LogP contribution in [0.3, 0.4) is 0 Å². The fourth-order valence-corrected chi connectivity index (χ4v) is 13.6. The lowest BCUT2D eigenvalue weighted by atomic mass is 9.94. The lowest BCUT2D eigenvalue weighted by Gasteiger charge is -2.10. The van der Waals surface area contributed by atoms with Crippen molar-refractivity contribution in [2.45, 2.75) is 48.5 Å². The predicted octanol–water partition coefficient (Wildman–Crippen LogP) is 32.3. The second-order valence-electron chi connectivity index (χ2n) is 28.8. The molecule has 0 spiro atoms. The molecule has 0 saturated heterocycles. The van der Waals surface area contributed by atoms with E-state index in [1.54, 1.807) is 0 Å². The molecule has 0 aliphatic rings. The van der Waals surface area contributed by atoms with Crippen LogP contribution in [-0.2, 0) is 0 Å². The first-order chi connectivity index (χ1) is 56.4. The quantitative estimate of drug-likeness (QED) is 0.121. The van der Waals surface area contributed by atoms with Gasteiger partial charge in [0.2, 0.25) is 0 Å². The Bertz CT molecular complexity index is 5840. The third kappa shape index (κ3) is 24.2. The highest BCUT2D eigenvalue weighted by atomic mass is 14.1. The second-order valence-corrected chi connectivity index (χ2v) is 28.8. The van der Waals surface area contributed by atoms with Crippen molar-refractivity contribution < 1.29 is 0 Å². The molecular formula is C115H100. The Labute approximate surface area is 684 Å². The molecule has 18 aromatic rings. The zero-order valence-corrected chi connectivity index (χ0v) is 67.1. The molecule has 115 heavy (non-hydrogen) atoms. The molecular weight excluding hydrogens is 1380 g/mol. The lowest BCUT2D eigenvalue weighted by Crippen LogP contribution is -1.84. The molecule has 0 N–H and O–H groups in total. The predicted molar refractivity (Wildman–Crippen MR) is 498 cm³/mol. The first kappa shape index (κ1) is 80.5. The summed E-state index contributed by atoms with van der Waals surface area (Å²) in [6.07, 6.45) is 0. The number of benzene rings is 18. The van der Waals surface area contributed by atoms with Crippen molar-refractivity contribution in [1.29, 1.82) is 0 Å². The maximum Gasteiger partial charge on any atom is -0.0105 e. The standard InChI is InChI=1S/4C19H16.3C13H12/c1-15-7-5-6-10-19(15)18-13-11-17(12-14-18)16-8-3-2-4-9-16;1-15-6-5-9-19(14-15)18-12-10-17(11-13-18)16-7-3-2-4-8-16;1-15-11-13-17(14-12-15)19-10-6-5-9-18(19)16-7-3-2-4-8-16;1-15-7-9-17(10-8-15)19-13-11-18(12-14-19)16-5-3-2-4-6-16;1-11-7-5-6-10-13(11)12-8-3-2-4-9-12;1-11-6-5-9-13(10-11)12-7-3-2-4-8-12;1-11-7-9-13(10-8-11)12-5-3-2-4-6-12/h4*2-14H,1H3;3*2-10H,1H3. The van der Waals surface area contributed by atoms with Crippen molar-refractivity contribution >= 4 is 0 Å². The van der Waals surface area contributed by atoms with E-state index < -0.39 is 0 Å². The minimum atomic E-state index is 1.26. The summed E-state index contributed by atoms with van der Waals surface area (Å²) in [5.41, 5.74) is 37.2. The molecule has 0 aliphatic heterocycles. The van der Waals surface area contributed by atoms with Crippen LogP contribution in [0.1, 0.15) is 38.9 Å². The van der Waals surface area contributed by atoms with Gasteiger partial charge in [-0.15, -0.1) is 0 Å². The van der Waals surface area contributed by atoms with E-state index in [0.29, 0.717) is 0 Å². The monoisotopic (exact) mass is 1480 g/mol. The van der Waals surface area contributed by atoms with Gasteiger partial charge in [-0.1, -0.05) is 507 Å². The van der Waals surface area contributed by atoms with Crippen molar-refractivity contribution in [1.82, 2.24) is 0 Å². The summed E-state index contributed by atoms with van der Waals surface area (Å²) in [7, 11) is 0. The Kier molecular flexibility index (Phi) is 29.7. The maximum absolute atomic E-state index is 2.22. The van der Waals surface area contributed by atoms with Crippen LogP contribution in [0.2, 0.25) is 0 Å². The van der Waals surface area contributed by atoms with Gasteiger partial charge in [0, 0.05) is 0 Å². The van der Waals surface area contributed by atoms with Crippen LogP contribution >= 0.6 is 0 Å². The molecule has 0 nitrogen and oxygen atoms in total. The topological polar surface area (TPSA) is 0 Å². The number of rotatable bonds is 11. The van der Waals surface area contributed by atoms with Gasteiger partial charge < -0.3 is 0 Å². The van der Waals surface area contributed by atoms with E-state index in [2.05, 4.69) is 491 Å². The summed E-state index contributed by atoms with van der Waals surface area (Å²) in [6, 6.07) is 168. The highest BCUT2D eigenvalue weighted by Crippen LogP contribution is 2.34. The number of hydrogen-bond donors (Lipinski definition) is 0. The van der Waals surface area contributed by atoms with E-state index in [-0.39, 0.29) is 0 Å². The summed E-state index contributed by atoms with van der Waals surface area (Å²) in [6.45, 7) is 14.9. The molecule has 0 saturated carbocycles. The maximum atomic E-state index is 2.22. The van der Waals surface area contributed by atoms with E-state index in [0.717, 1.165) is 0 Å². The first-order valence-corrected chi connectivity index (χ1v) is 39.7.